The number of hydrogen-bond acceptors (Lipinski definition) is 3. The monoisotopic (exact) mass is 259 g/mol. The molecule has 0 radical (unpaired) electrons. The van der Waals surface area contributed by atoms with Crippen LogP contribution >= 0.6 is 23.2 Å². The summed E-state index contributed by atoms with van der Waals surface area (Å²) in [5.74, 6) is 0. The van der Waals surface area contributed by atoms with Crippen LogP contribution in [0.15, 0.2) is 18.2 Å². The Kier molecular flexibility index (Phi) is 4.50. The molecule has 0 amide bonds. The lowest BCUT2D eigenvalue weighted by Gasteiger charge is -2.20. The lowest BCUT2D eigenvalue weighted by molar-refractivity contribution is 0.187. The van der Waals surface area contributed by atoms with E-state index in [1.54, 1.807) is 18.2 Å². The van der Waals surface area contributed by atoms with Crippen molar-refractivity contribution in [2.75, 3.05) is 26.3 Å². The van der Waals surface area contributed by atoms with Crippen molar-refractivity contribution in [1.29, 1.82) is 0 Å². The van der Waals surface area contributed by atoms with Gasteiger partial charge in [-0.25, -0.2) is 0 Å². The molecule has 1 fully saturated rings. The highest BCUT2D eigenvalue weighted by Gasteiger charge is 2.27. The SMILES string of the molecule is Clc1cccc(Cl)c1B1OCCNCCO1. The molecule has 1 heterocycles. The summed E-state index contributed by atoms with van der Waals surface area (Å²) in [5.41, 5.74) is 0.715. The maximum Gasteiger partial charge on any atom is 0.497 e. The Balaban J connectivity index is 2.20. The summed E-state index contributed by atoms with van der Waals surface area (Å²) in [7, 11) is -0.469. The first-order chi connectivity index (χ1) is 7.79. The highest BCUT2D eigenvalue weighted by molar-refractivity contribution is 6.68. The molecule has 1 aliphatic rings. The standard InChI is InChI=1S/C10H12BCl2NO2/c12-8-2-1-3-9(13)10(8)11-15-6-4-14-5-7-16-11/h1-3,14H,4-7H2. The number of benzene rings is 1. The molecule has 0 saturated carbocycles. The fourth-order valence-corrected chi connectivity index (χ4v) is 2.13. The fraction of sp³-hybridized carbons (Fsp3) is 0.400. The van der Waals surface area contributed by atoms with Crippen LogP contribution in [0.4, 0.5) is 0 Å². The van der Waals surface area contributed by atoms with Gasteiger partial charge in [0.25, 0.3) is 0 Å². The molecule has 1 aliphatic heterocycles. The summed E-state index contributed by atoms with van der Waals surface area (Å²) >= 11 is 12.2. The maximum absolute atomic E-state index is 6.10. The third-order valence-corrected chi connectivity index (χ3v) is 2.99. The Morgan fingerprint density at radius 2 is 1.62 bits per heavy atom. The van der Waals surface area contributed by atoms with E-state index in [1.807, 2.05) is 0 Å². The summed E-state index contributed by atoms with van der Waals surface area (Å²) in [4.78, 5) is 0. The van der Waals surface area contributed by atoms with E-state index in [0.717, 1.165) is 13.1 Å². The number of hydrogen-bond donors (Lipinski definition) is 1. The summed E-state index contributed by atoms with van der Waals surface area (Å²) in [6.07, 6.45) is 0. The van der Waals surface area contributed by atoms with Gasteiger partial charge in [0.15, 0.2) is 0 Å². The first-order valence-corrected chi connectivity index (χ1v) is 5.92. The van der Waals surface area contributed by atoms with Crippen LogP contribution in [0.5, 0.6) is 0 Å². The number of halogens is 2. The first-order valence-electron chi connectivity index (χ1n) is 5.17. The van der Waals surface area contributed by atoms with E-state index in [-0.39, 0.29) is 0 Å². The molecule has 86 valence electrons. The van der Waals surface area contributed by atoms with Crippen LogP contribution < -0.4 is 10.8 Å². The minimum absolute atomic E-state index is 0.469. The van der Waals surface area contributed by atoms with E-state index >= 15 is 0 Å². The van der Waals surface area contributed by atoms with Crippen LogP contribution in [0.25, 0.3) is 0 Å². The predicted molar refractivity (Wildman–Crippen MR) is 66.6 cm³/mol. The van der Waals surface area contributed by atoms with Gasteiger partial charge in [-0.1, -0.05) is 29.3 Å². The van der Waals surface area contributed by atoms with Gasteiger partial charge in [0, 0.05) is 41.8 Å². The fourth-order valence-electron chi connectivity index (χ4n) is 1.55. The van der Waals surface area contributed by atoms with Crippen molar-refractivity contribution in [2.24, 2.45) is 0 Å². The molecule has 1 N–H and O–H groups in total. The summed E-state index contributed by atoms with van der Waals surface area (Å²) < 4.78 is 11.2. The zero-order chi connectivity index (χ0) is 11.4. The van der Waals surface area contributed by atoms with Crippen molar-refractivity contribution in [3.05, 3.63) is 28.2 Å². The van der Waals surface area contributed by atoms with Gasteiger partial charge in [-0.15, -0.1) is 0 Å². The zero-order valence-electron chi connectivity index (χ0n) is 8.71. The van der Waals surface area contributed by atoms with Gasteiger partial charge < -0.3 is 14.6 Å². The van der Waals surface area contributed by atoms with Crippen LogP contribution in [0, 0.1) is 0 Å². The molecule has 1 saturated heterocycles. The quantitative estimate of drug-likeness (QED) is 0.772. The molecule has 0 unspecified atom stereocenters. The Labute approximate surface area is 105 Å². The van der Waals surface area contributed by atoms with E-state index in [2.05, 4.69) is 5.32 Å². The second-order valence-electron chi connectivity index (χ2n) is 3.46. The van der Waals surface area contributed by atoms with Crippen molar-refractivity contribution >= 4 is 35.8 Å². The lowest BCUT2D eigenvalue weighted by Crippen LogP contribution is -2.44. The van der Waals surface area contributed by atoms with Crippen molar-refractivity contribution in [3.8, 4) is 0 Å². The predicted octanol–water partition coefficient (Wildman–Crippen LogP) is 1.32. The van der Waals surface area contributed by atoms with Gasteiger partial charge in [-0.05, 0) is 12.1 Å². The minimum Gasteiger partial charge on any atom is -0.406 e. The van der Waals surface area contributed by atoms with Crippen molar-refractivity contribution in [1.82, 2.24) is 5.32 Å². The van der Waals surface area contributed by atoms with E-state index < -0.39 is 7.12 Å². The van der Waals surface area contributed by atoms with Crippen molar-refractivity contribution in [3.63, 3.8) is 0 Å². The first kappa shape index (κ1) is 12.2. The summed E-state index contributed by atoms with van der Waals surface area (Å²) in [6, 6.07) is 5.37. The third kappa shape index (κ3) is 2.90. The van der Waals surface area contributed by atoms with E-state index in [4.69, 9.17) is 32.5 Å². The number of nitrogens with one attached hydrogen (secondary N) is 1. The minimum atomic E-state index is -0.469. The normalized spacial score (nSPS) is 18.0. The Hall–Kier alpha value is -0.255. The van der Waals surface area contributed by atoms with Gasteiger partial charge in [0.05, 0.1) is 0 Å². The van der Waals surface area contributed by atoms with E-state index in [9.17, 15) is 0 Å². The lowest BCUT2D eigenvalue weighted by atomic mass is 9.78. The van der Waals surface area contributed by atoms with Gasteiger partial charge in [-0.2, -0.15) is 0 Å². The van der Waals surface area contributed by atoms with Crippen LogP contribution in [-0.2, 0) is 9.31 Å². The molecule has 0 aromatic heterocycles. The van der Waals surface area contributed by atoms with Gasteiger partial charge >= 0.3 is 7.12 Å². The highest BCUT2D eigenvalue weighted by atomic mass is 35.5. The molecule has 16 heavy (non-hydrogen) atoms. The van der Waals surface area contributed by atoms with Gasteiger partial charge in [0.1, 0.15) is 0 Å². The average Bonchev–Trinajstić information content (AvgIpc) is 2.20. The Morgan fingerprint density at radius 1 is 1.06 bits per heavy atom. The maximum atomic E-state index is 6.10. The molecule has 0 spiro atoms. The second-order valence-corrected chi connectivity index (χ2v) is 4.27. The van der Waals surface area contributed by atoms with Crippen LogP contribution in [0.3, 0.4) is 0 Å². The second kappa shape index (κ2) is 5.89. The van der Waals surface area contributed by atoms with Crippen molar-refractivity contribution in [2.45, 2.75) is 0 Å². The molecule has 0 aliphatic carbocycles. The van der Waals surface area contributed by atoms with Gasteiger partial charge in [-0.3, -0.25) is 0 Å². The van der Waals surface area contributed by atoms with E-state index in [0.29, 0.717) is 28.7 Å². The molecule has 2 rings (SSSR count). The smallest absolute Gasteiger partial charge is 0.406 e. The molecular weight excluding hydrogens is 248 g/mol. The molecule has 1 aromatic carbocycles. The van der Waals surface area contributed by atoms with Crippen LogP contribution in [0.1, 0.15) is 0 Å². The summed E-state index contributed by atoms with van der Waals surface area (Å²) in [6.45, 7) is 2.77. The Morgan fingerprint density at radius 3 is 2.19 bits per heavy atom. The topological polar surface area (TPSA) is 30.5 Å². The molecule has 6 heteroatoms. The molecular formula is C10H12BCl2NO2. The zero-order valence-corrected chi connectivity index (χ0v) is 10.2. The molecule has 3 nitrogen and oxygen atoms in total. The van der Waals surface area contributed by atoms with Crippen LogP contribution in [-0.4, -0.2) is 33.4 Å². The van der Waals surface area contributed by atoms with E-state index in [1.165, 1.54) is 0 Å². The largest absolute Gasteiger partial charge is 0.497 e. The Bertz CT molecular complexity index is 336. The van der Waals surface area contributed by atoms with Crippen LogP contribution in [0.2, 0.25) is 10.0 Å². The number of rotatable bonds is 1. The highest BCUT2D eigenvalue weighted by Crippen LogP contribution is 2.15. The van der Waals surface area contributed by atoms with Gasteiger partial charge in [0.2, 0.25) is 0 Å². The summed E-state index contributed by atoms with van der Waals surface area (Å²) in [5, 5.41) is 4.32. The molecule has 0 bridgehead atoms. The average molecular weight is 260 g/mol. The third-order valence-electron chi connectivity index (χ3n) is 2.33. The molecule has 0 atom stereocenters. The van der Waals surface area contributed by atoms with Crippen molar-refractivity contribution < 1.29 is 9.31 Å². The molecule has 1 aromatic rings.